The van der Waals surface area contributed by atoms with Crippen molar-refractivity contribution in [3.8, 4) is 0 Å². The SMILES string of the molecule is CNc1ccc(Cl)c(C(=O)NCC(C)(C)c2cccs2)n1. The van der Waals surface area contributed by atoms with Gasteiger partial charge in [-0.15, -0.1) is 11.3 Å². The van der Waals surface area contributed by atoms with Gasteiger partial charge in [0, 0.05) is 23.9 Å². The molecule has 0 spiro atoms. The fourth-order valence-electron chi connectivity index (χ4n) is 1.88. The Labute approximate surface area is 133 Å². The van der Waals surface area contributed by atoms with Crippen LogP contribution < -0.4 is 10.6 Å². The number of thiophene rings is 1. The van der Waals surface area contributed by atoms with Crippen LogP contribution >= 0.6 is 22.9 Å². The molecule has 2 heterocycles. The molecule has 0 aliphatic rings. The molecule has 4 nitrogen and oxygen atoms in total. The van der Waals surface area contributed by atoms with Crippen molar-refractivity contribution >= 4 is 34.7 Å². The summed E-state index contributed by atoms with van der Waals surface area (Å²) in [6, 6.07) is 7.48. The van der Waals surface area contributed by atoms with Crippen LogP contribution in [0, 0.1) is 0 Å². The highest BCUT2D eigenvalue weighted by atomic mass is 35.5. The second-order valence-corrected chi connectivity index (χ2v) is 6.68. The number of pyridine rings is 1. The van der Waals surface area contributed by atoms with Gasteiger partial charge in [-0.1, -0.05) is 31.5 Å². The van der Waals surface area contributed by atoms with Crippen molar-refractivity contribution in [2.45, 2.75) is 19.3 Å². The molecule has 0 aliphatic heterocycles. The Morgan fingerprint density at radius 3 is 2.76 bits per heavy atom. The maximum Gasteiger partial charge on any atom is 0.271 e. The number of amides is 1. The summed E-state index contributed by atoms with van der Waals surface area (Å²) in [5.41, 5.74) is 0.113. The van der Waals surface area contributed by atoms with E-state index in [1.54, 1.807) is 30.5 Å². The molecule has 6 heteroatoms. The fraction of sp³-hybridized carbons (Fsp3) is 0.333. The number of anilines is 1. The molecule has 0 saturated heterocycles. The zero-order chi connectivity index (χ0) is 15.5. The molecule has 0 unspecified atom stereocenters. The van der Waals surface area contributed by atoms with Gasteiger partial charge in [-0.2, -0.15) is 0 Å². The third-order valence-electron chi connectivity index (χ3n) is 3.20. The van der Waals surface area contributed by atoms with E-state index < -0.39 is 0 Å². The molecule has 2 N–H and O–H groups in total. The Bertz CT molecular complexity index is 626. The van der Waals surface area contributed by atoms with Crippen LogP contribution in [-0.2, 0) is 5.41 Å². The third-order valence-corrected chi connectivity index (χ3v) is 4.74. The Kier molecular flexibility index (Phi) is 4.85. The number of rotatable bonds is 5. The van der Waals surface area contributed by atoms with E-state index in [1.807, 2.05) is 11.4 Å². The van der Waals surface area contributed by atoms with Crippen molar-refractivity contribution in [2.24, 2.45) is 0 Å². The number of halogens is 1. The lowest BCUT2D eigenvalue weighted by Gasteiger charge is -2.23. The number of nitrogens with zero attached hydrogens (tertiary/aromatic N) is 1. The predicted octanol–water partition coefficient (Wildman–Crippen LogP) is 3.55. The molecule has 2 rings (SSSR count). The zero-order valence-corrected chi connectivity index (χ0v) is 13.8. The van der Waals surface area contributed by atoms with Crippen LogP contribution in [0.1, 0.15) is 29.2 Å². The van der Waals surface area contributed by atoms with E-state index in [1.165, 1.54) is 4.88 Å². The number of carbonyl (C=O) groups is 1. The lowest BCUT2D eigenvalue weighted by Crippen LogP contribution is -2.36. The van der Waals surface area contributed by atoms with Crippen LogP contribution in [0.3, 0.4) is 0 Å². The van der Waals surface area contributed by atoms with E-state index in [0.29, 0.717) is 17.4 Å². The van der Waals surface area contributed by atoms with Crippen LogP contribution in [0.4, 0.5) is 5.82 Å². The summed E-state index contributed by atoms with van der Waals surface area (Å²) in [5.74, 6) is 0.351. The third kappa shape index (κ3) is 3.74. The van der Waals surface area contributed by atoms with Gasteiger partial charge in [-0.25, -0.2) is 4.98 Å². The second-order valence-electron chi connectivity index (χ2n) is 5.32. The maximum atomic E-state index is 12.3. The summed E-state index contributed by atoms with van der Waals surface area (Å²) in [4.78, 5) is 17.7. The van der Waals surface area contributed by atoms with Gasteiger partial charge in [0.25, 0.3) is 5.91 Å². The van der Waals surface area contributed by atoms with Crippen LogP contribution in [0.15, 0.2) is 29.6 Å². The molecule has 0 fully saturated rings. The highest BCUT2D eigenvalue weighted by Crippen LogP contribution is 2.26. The topological polar surface area (TPSA) is 54.0 Å². The van der Waals surface area contributed by atoms with Crippen LogP contribution in [0.2, 0.25) is 5.02 Å². The van der Waals surface area contributed by atoms with Gasteiger partial charge < -0.3 is 10.6 Å². The Hall–Kier alpha value is -1.59. The first kappa shape index (κ1) is 15.8. The molecule has 2 aromatic rings. The summed E-state index contributed by atoms with van der Waals surface area (Å²) in [6.45, 7) is 4.71. The first-order valence-corrected chi connectivity index (χ1v) is 7.86. The van der Waals surface area contributed by atoms with Gasteiger partial charge in [0.15, 0.2) is 0 Å². The molecule has 0 atom stereocenters. The zero-order valence-electron chi connectivity index (χ0n) is 12.2. The summed E-state index contributed by atoms with van der Waals surface area (Å²) >= 11 is 7.73. The summed E-state index contributed by atoms with van der Waals surface area (Å²) in [5, 5.41) is 8.19. The molecule has 2 aromatic heterocycles. The van der Waals surface area contributed by atoms with E-state index in [-0.39, 0.29) is 17.0 Å². The Morgan fingerprint density at radius 2 is 2.14 bits per heavy atom. The van der Waals surface area contributed by atoms with Crippen LogP contribution in [0.25, 0.3) is 0 Å². The minimum atomic E-state index is -0.262. The molecule has 1 amide bonds. The normalized spacial score (nSPS) is 11.2. The van der Waals surface area contributed by atoms with Crippen LogP contribution in [0.5, 0.6) is 0 Å². The van der Waals surface area contributed by atoms with Gasteiger partial charge in [-0.05, 0) is 23.6 Å². The lowest BCUT2D eigenvalue weighted by molar-refractivity contribution is 0.0941. The Balaban J connectivity index is 2.08. The van der Waals surface area contributed by atoms with Gasteiger partial charge in [0.2, 0.25) is 0 Å². The minimum Gasteiger partial charge on any atom is -0.373 e. The first-order valence-electron chi connectivity index (χ1n) is 6.60. The standard InChI is InChI=1S/C15H18ClN3OS/c1-15(2,11-5-4-8-21-11)9-18-14(20)13-10(16)6-7-12(17-3)19-13/h4-8H,9H2,1-3H3,(H,17,19)(H,18,20). The fourth-order valence-corrected chi connectivity index (χ4v) is 2.92. The highest BCUT2D eigenvalue weighted by Gasteiger charge is 2.23. The largest absolute Gasteiger partial charge is 0.373 e. The molecule has 21 heavy (non-hydrogen) atoms. The lowest BCUT2D eigenvalue weighted by atomic mass is 9.91. The van der Waals surface area contributed by atoms with E-state index >= 15 is 0 Å². The molecule has 0 aromatic carbocycles. The highest BCUT2D eigenvalue weighted by molar-refractivity contribution is 7.10. The maximum absolute atomic E-state index is 12.3. The number of aromatic nitrogens is 1. The quantitative estimate of drug-likeness (QED) is 0.884. The number of hydrogen-bond donors (Lipinski definition) is 2. The van der Waals surface area contributed by atoms with E-state index in [9.17, 15) is 4.79 Å². The van der Waals surface area contributed by atoms with Gasteiger partial charge in [0.1, 0.15) is 11.5 Å². The van der Waals surface area contributed by atoms with Gasteiger partial charge >= 0.3 is 0 Å². The molecule has 0 bridgehead atoms. The molecule has 0 saturated carbocycles. The van der Waals surface area contributed by atoms with Crippen molar-refractivity contribution in [3.63, 3.8) is 0 Å². The number of hydrogen-bond acceptors (Lipinski definition) is 4. The predicted molar refractivity (Wildman–Crippen MR) is 88.5 cm³/mol. The molecule has 112 valence electrons. The molecular weight excluding hydrogens is 306 g/mol. The molecular formula is C15H18ClN3OS. The average molecular weight is 324 g/mol. The first-order chi connectivity index (χ1) is 9.94. The van der Waals surface area contributed by atoms with E-state index in [0.717, 1.165) is 0 Å². The number of carbonyl (C=O) groups excluding carboxylic acids is 1. The molecule has 0 aliphatic carbocycles. The summed E-state index contributed by atoms with van der Waals surface area (Å²) in [6.07, 6.45) is 0. The molecule has 0 radical (unpaired) electrons. The van der Waals surface area contributed by atoms with Crippen molar-refractivity contribution < 1.29 is 4.79 Å². The van der Waals surface area contributed by atoms with Crippen molar-refractivity contribution in [2.75, 3.05) is 18.9 Å². The summed E-state index contributed by atoms with van der Waals surface area (Å²) in [7, 11) is 1.75. The summed E-state index contributed by atoms with van der Waals surface area (Å²) < 4.78 is 0. The second kappa shape index (κ2) is 6.45. The average Bonchev–Trinajstić information content (AvgIpc) is 3.00. The van der Waals surface area contributed by atoms with Crippen molar-refractivity contribution in [3.05, 3.63) is 45.2 Å². The van der Waals surface area contributed by atoms with Crippen LogP contribution in [-0.4, -0.2) is 24.5 Å². The van der Waals surface area contributed by atoms with E-state index in [2.05, 4.69) is 35.5 Å². The van der Waals surface area contributed by atoms with Gasteiger partial charge in [0.05, 0.1) is 5.02 Å². The van der Waals surface area contributed by atoms with Gasteiger partial charge in [-0.3, -0.25) is 4.79 Å². The number of nitrogens with one attached hydrogen (secondary N) is 2. The minimum absolute atomic E-state index is 0.128. The monoisotopic (exact) mass is 323 g/mol. The Morgan fingerprint density at radius 1 is 1.38 bits per heavy atom. The van der Waals surface area contributed by atoms with E-state index in [4.69, 9.17) is 11.6 Å². The van der Waals surface area contributed by atoms with Crippen molar-refractivity contribution in [1.82, 2.24) is 10.3 Å². The van der Waals surface area contributed by atoms with Crippen molar-refractivity contribution in [1.29, 1.82) is 0 Å². The smallest absolute Gasteiger partial charge is 0.271 e.